The van der Waals surface area contributed by atoms with E-state index < -0.39 is 0 Å². The molecular formula is C10H19NO3. The van der Waals surface area contributed by atoms with Gasteiger partial charge in [0, 0.05) is 13.0 Å². The van der Waals surface area contributed by atoms with Crippen LogP contribution in [0.3, 0.4) is 0 Å². The lowest BCUT2D eigenvalue weighted by atomic mass is 9.93. The van der Waals surface area contributed by atoms with Gasteiger partial charge in [0.25, 0.3) is 0 Å². The Morgan fingerprint density at radius 1 is 1.43 bits per heavy atom. The summed E-state index contributed by atoms with van der Waals surface area (Å²) < 4.78 is 4.60. The standard InChI is InChI=1S/C10H19NO3/c1-5-8(9(12)11-3)6-7(2)10(13)14-4/h7-8H,5-6H2,1-4H3,(H,11,12). The van der Waals surface area contributed by atoms with E-state index in [0.717, 1.165) is 6.42 Å². The monoisotopic (exact) mass is 201 g/mol. The van der Waals surface area contributed by atoms with Crippen molar-refractivity contribution in [1.29, 1.82) is 0 Å². The van der Waals surface area contributed by atoms with Crippen LogP contribution in [0.2, 0.25) is 0 Å². The summed E-state index contributed by atoms with van der Waals surface area (Å²) in [6.45, 7) is 3.71. The molecule has 0 aromatic heterocycles. The van der Waals surface area contributed by atoms with Crippen LogP contribution in [0.4, 0.5) is 0 Å². The third kappa shape index (κ3) is 3.77. The van der Waals surface area contributed by atoms with E-state index in [-0.39, 0.29) is 23.7 Å². The van der Waals surface area contributed by atoms with Crippen LogP contribution in [0, 0.1) is 11.8 Å². The van der Waals surface area contributed by atoms with Gasteiger partial charge < -0.3 is 10.1 Å². The molecule has 1 amide bonds. The Kier molecular flexibility index (Phi) is 5.92. The number of rotatable bonds is 5. The first-order valence-electron chi connectivity index (χ1n) is 4.86. The third-order valence-electron chi connectivity index (χ3n) is 2.35. The van der Waals surface area contributed by atoms with Gasteiger partial charge in [0.2, 0.25) is 5.91 Å². The van der Waals surface area contributed by atoms with Crippen LogP contribution in [0.15, 0.2) is 0 Å². The van der Waals surface area contributed by atoms with E-state index >= 15 is 0 Å². The maximum absolute atomic E-state index is 11.3. The van der Waals surface area contributed by atoms with Crippen molar-refractivity contribution >= 4 is 11.9 Å². The predicted octanol–water partition coefficient (Wildman–Crippen LogP) is 0.958. The van der Waals surface area contributed by atoms with E-state index in [2.05, 4.69) is 10.1 Å². The van der Waals surface area contributed by atoms with Crippen molar-refractivity contribution in [2.75, 3.05) is 14.2 Å². The molecule has 0 aromatic carbocycles. The van der Waals surface area contributed by atoms with Crippen molar-refractivity contribution in [2.24, 2.45) is 11.8 Å². The third-order valence-corrected chi connectivity index (χ3v) is 2.35. The summed E-state index contributed by atoms with van der Waals surface area (Å²) in [6.07, 6.45) is 1.28. The van der Waals surface area contributed by atoms with Crippen LogP contribution in [0.5, 0.6) is 0 Å². The van der Waals surface area contributed by atoms with Crippen molar-refractivity contribution in [1.82, 2.24) is 5.32 Å². The Morgan fingerprint density at radius 3 is 2.36 bits per heavy atom. The molecule has 82 valence electrons. The molecule has 0 saturated carbocycles. The fourth-order valence-corrected chi connectivity index (χ4v) is 1.39. The van der Waals surface area contributed by atoms with E-state index in [9.17, 15) is 9.59 Å². The molecule has 0 radical (unpaired) electrons. The first-order chi connectivity index (χ1) is 6.56. The minimum atomic E-state index is -0.257. The summed E-state index contributed by atoms with van der Waals surface area (Å²) in [6, 6.07) is 0. The molecular weight excluding hydrogens is 182 g/mol. The first kappa shape index (κ1) is 12.9. The molecule has 2 unspecified atom stereocenters. The summed E-state index contributed by atoms with van der Waals surface area (Å²) in [5, 5.41) is 2.59. The van der Waals surface area contributed by atoms with E-state index in [4.69, 9.17) is 0 Å². The summed E-state index contributed by atoms with van der Waals surface area (Å²) >= 11 is 0. The minimum absolute atomic E-state index is 0.0109. The average molecular weight is 201 g/mol. The molecule has 4 heteroatoms. The van der Waals surface area contributed by atoms with Crippen LogP contribution < -0.4 is 5.32 Å². The molecule has 0 bridgehead atoms. The highest BCUT2D eigenvalue weighted by molar-refractivity contribution is 5.79. The highest BCUT2D eigenvalue weighted by atomic mass is 16.5. The molecule has 0 rings (SSSR count). The normalized spacial score (nSPS) is 14.3. The molecule has 0 aromatic rings. The Morgan fingerprint density at radius 2 is 2.00 bits per heavy atom. The Bertz CT molecular complexity index is 204. The number of carbonyl (C=O) groups excluding carboxylic acids is 2. The lowest BCUT2D eigenvalue weighted by Crippen LogP contribution is -2.29. The highest BCUT2D eigenvalue weighted by Gasteiger charge is 2.22. The largest absolute Gasteiger partial charge is 0.469 e. The summed E-state index contributed by atoms with van der Waals surface area (Å²) in [5.74, 6) is -0.591. The lowest BCUT2D eigenvalue weighted by Gasteiger charge is -2.16. The second-order valence-electron chi connectivity index (χ2n) is 3.38. The first-order valence-corrected chi connectivity index (χ1v) is 4.86. The number of hydrogen-bond acceptors (Lipinski definition) is 3. The van der Waals surface area contributed by atoms with Crippen molar-refractivity contribution in [3.63, 3.8) is 0 Å². The Hall–Kier alpha value is -1.06. The molecule has 14 heavy (non-hydrogen) atoms. The van der Waals surface area contributed by atoms with Crippen molar-refractivity contribution < 1.29 is 14.3 Å². The zero-order chi connectivity index (χ0) is 11.1. The molecule has 0 aliphatic carbocycles. The molecule has 0 fully saturated rings. The predicted molar refractivity (Wildman–Crippen MR) is 53.6 cm³/mol. The number of nitrogens with one attached hydrogen (secondary N) is 1. The molecule has 2 atom stereocenters. The second-order valence-corrected chi connectivity index (χ2v) is 3.38. The summed E-state index contributed by atoms with van der Waals surface area (Å²) in [7, 11) is 2.97. The van der Waals surface area contributed by atoms with Crippen LogP contribution in [-0.4, -0.2) is 26.0 Å². The Labute approximate surface area is 85.0 Å². The van der Waals surface area contributed by atoms with Gasteiger partial charge in [-0.15, -0.1) is 0 Å². The van der Waals surface area contributed by atoms with Gasteiger partial charge in [-0.05, 0) is 12.8 Å². The number of methoxy groups -OCH3 is 1. The molecule has 0 heterocycles. The second kappa shape index (κ2) is 6.40. The maximum Gasteiger partial charge on any atom is 0.308 e. The number of hydrogen-bond donors (Lipinski definition) is 1. The quantitative estimate of drug-likeness (QED) is 0.674. The van der Waals surface area contributed by atoms with Crippen LogP contribution >= 0.6 is 0 Å². The van der Waals surface area contributed by atoms with E-state index in [1.807, 2.05) is 6.92 Å². The Balaban J connectivity index is 4.17. The van der Waals surface area contributed by atoms with Gasteiger partial charge in [0.1, 0.15) is 0 Å². The van der Waals surface area contributed by atoms with Gasteiger partial charge in [0.05, 0.1) is 13.0 Å². The van der Waals surface area contributed by atoms with Crippen molar-refractivity contribution in [2.45, 2.75) is 26.7 Å². The van der Waals surface area contributed by atoms with E-state index in [0.29, 0.717) is 6.42 Å². The summed E-state index contributed by atoms with van der Waals surface area (Å²) in [4.78, 5) is 22.4. The van der Waals surface area contributed by atoms with Crippen LogP contribution in [0.1, 0.15) is 26.7 Å². The number of esters is 1. The van der Waals surface area contributed by atoms with Gasteiger partial charge in [-0.2, -0.15) is 0 Å². The van der Waals surface area contributed by atoms with Gasteiger partial charge in [-0.3, -0.25) is 9.59 Å². The van der Waals surface area contributed by atoms with Gasteiger partial charge in [0.15, 0.2) is 0 Å². The molecule has 1 N–H and O–H groups in total. The fraction of sp³-hybridized carbons (Fsp3) is 0.800. The number of carbonyl (C=O) groups is 2. The minimum Gasteiger partial charge on any atom is -0.469 e. The lowest BCUT2D eigenvalue weighted by molar-refractivity contribution is -0.145. The molecule has 0 spiro atoms. The number of ether oxygens (including phenoxy) is 1. The molecule has 4 nitrogen and oxygen atoms in total. The van der Waals surface area contributed by atoms with Gasteiger partial charge >= 0.3 is 5.97 Å². The van der Waals surface area contributed by atoms with Crippen LogP contribution in [0.25, 0.3) is 0 Å². The smallest absolute Gasteiger partial charge is 0.308 e. The molecule has 0 aliphatic rings. The van der Waals surface area contributed by atoms with Gasteiger partial charge in [-0.25, -0.2) is 0 Å². The van der Waals surface area contributed by atoms with Crippen molar-refractivity contribution in [3.8, 4) is 0 Å². The van der Waals surface area contributed by atoms with E-state index in [1.54, 1.807) is 14.0 Å². The number of amides is 1. The zero-order valence-corrected chi connectivity index (χ0v) is 9.29. The fourth-order valence-electron chi connectivity index (χ4n) is 1.39. The maximum atomic E-state index is 11.3. The van der Waals surface area contributed by atoms with Crippen LogP contribution in [-0.2, 0) is 14.3 Å². The molecule has 0 aliphatic heterocycles. The highest BCUT2D eigenvalue weighted by Crippen LogP contribution is 2.16. The topological polar surface area (TPSA) is 55.4 Å². The van der Waals surface area contributed by atoms with Crippen molar-refractivity contribution in [3.05, 3.63) is 0 Å². The average Bonchev–Trinajstić information content (AvgIpc) is 2.22. The van der Waals surface area contributed by atoms with Gasteiger partial charge in [-0.1, -0.05) is 13.8 Å². The summed E-state index contributed by atoms with van der Waals surface area (Å²) in [5.41, 5.74) is 0. The molecule has 0 saturated heterocycles. The van der Waals surface area contributed by atoms with E-state index in [1.165, 1.54) is 7.11 Å². The SMILES string of the molecule is CCC(CC(C)C(=O)OC)C(=O)NC. The zero-order valence-electron chi connectivity index (χ0n) is 9.29.